The number of para-hydroxylation sites is 1. The fraction of sp³-hybridized carbons (Fsp3) is 0.375. The molecule has 0 aliphatic carbocycles. The van der Waals surface area contributed by atoms with E-state index in [1.54, 1.807) is 18.2 Å². The lowest BCUT2D eigenvalue weighted by Gasteiger charge is -2.10. The topological polar surface area (TPSA) is 111 Å². The first kappa shape index (κ1) is 18.8. The van der Waals surface area contributed by atoms with Gasteiger partial charge in [0.15, 0.2) is 21.3 Å². The predicted molar refractivity (Wildman–Crippen MR) is 91.6 cm³/mol. The van der Waals surface area contributed by atoms with E-state index in [2.05, 4.69) is 10.9 Å². The first-order valence-corrected chi connectivity index (χ1v) is 9.37. The average molecular weight is 368 g/mol. The molecule has 1 aromatic rings. The molecular formula is C16H20N2O6S. The Kier molecular flexibility index (Phi) is 6.02. The van der Waals surface area contributed by atoms with Gasteiger partial charge in [-0.3, -0.25) is 20.4 Å². The number of hydrazine groups is 1. The summed E-state index contributed by atoms with van der Waals surface area (Å²) < 4.78 is 33.1. The molecule has 0 spiro atoms. The lowest BCUT2D eigenvalue weighted by molar-refractivity contribution is -0.129. The summed E-state index contributed by atoms with van der Waals surface area (Å²) in [7, 11) is -0.151. The van der Waals surface area contributed by atoms with Crippen molar-refractivity contribution in [2.45, 2.75) is 6.42 Å². The van der Waals surface area contributed by atoms with Crippen LogP contribution < -0.4 is 20.3 Å². The second-order valence-electron chi connectivity index (χ2n) is 5.49. The number of benzene rings is 1. The SMILES string of the molecule is COc1cccc(/C=C/C(=O)NNC(=O)[C@H]2CCS(=O)(=O)C2)c1OC. The van der Waals surface area contributed by atoms with Gasteiger partial charge in [-0.1, -0.05) is 12.1 Å². The molecule has 1 aromatic carbocycles. The van der Waals surface area contributed by atoms with Crippen LogP contribution >= 0.6 is 0 Å². The first-order valence-electron chi connectivity index (χ1n) is 7.55. The van der Waals surface area contributed by atoms with Crippen molar-refractivity contribution in [2.24, 2.45) is 5.92 Å². The number of ether oxygens (including phenoxy) is 2. The molecule has 2 amide bonds. The number of amides is 2. The van der Waals surface area contributed by atoms with E-state index in [9.17, 15) is 18.0 Å². The number of carbonyl (C=O) groups excluding carboxylic acids is 2. The monoisotopic (exact) mass is 368 g/mol. The third-order valence-corrected chi connectivity index (χ3v) is 5.53. The van der Waals surface area contributed by atoms with Crippen LogP contribution in [0.5, 0.6) is 11.5 Å². The van der Waals surface area contributed by atoms with Crippen molar-refractivity contribution in [3.05, 3.63) is 29.8 Å². The molecule has 1 atom stereocenters. The Bertz CT molecular complexity index is 788. The first-order chi connectivity index (χ1) is 11.9. The maximum atomic E-state index is 11.8. The fourth-order valence-corrected chi connectivity index (χ4v) is 4.22. The van der Waals surface area contributed by atoms with Gasteiger partial charge in [0.1, 0.15) is 0 Å². The molecule has 9 heteroatoms. The van der Waals surface area contributed by atoms with Gasteiger partial charge in [0.25, 0.3) is 5.91 Å². The molecule has 0 unspecified atom stereocenters. The summed E-state index contributed by atoms with van der Waals surface area (Å²) in [6.07, 6.45) is 3.01. The van der Waals surface area contributed by atoms with E-state index in [1.807, 2.05) is 0 Å². The maximum Gasteiger partial charge on any atom is 0.262 e. The highest BCUT2D eigenvalue weighted by molar-refractivity contribution is 7.91. The van der Waals surface area contributed by atoms with Crippen molar-refractivity contribution in [3.63, 3.8) is 0 Å². The van der Waals surface area contributed by atoms with Crippen molar-refractivity contribution < 1.29 is 27.5 Å². The van der Waals surface area contributed by atoms with Crippen molar-refractivity contribution in [2.75, 3.05) is 25.7 Å². The van der Waals surface area contributed by atoms with E-state index >= 15 is 0 Å². The highest BCUT2D eigenvalue weighted by Crippen LogP contribution is 2.31. The van der Waals surface area contributed by atoms with E-state index in [0.29, 0.717) is 17.1 Å². The fourth-order valence-electron chi connectivity index (χ4n) is 2.48. The van der Waals surface area contributed by atoms with Crippen LogP contribution in [0.25, 0.3) is 6.08 Å². The molecule has 0 saturated carbocycles. The van der Waals surface area contributed by atoms with E-state index in [-0.39, 0.29) is 17.9 Å². The quantitative estimate of drug-likeness (QED) is 0.571. The van der Waals surface area contributed by atoms with Gasteiger partial charge in [0.05, 0.1) is 31.6 Å². The smallest absolute Gasteiger partial charge is 0.262 e. The third-order valence-electron chi connectivity index (χ3n) is 3.76. The summed E-state index contributed by atoms with van der Waals surface area (Å²) in [5, 5.41) is 0. The number of methoxy groups -OCH3 is 2. The number of nitrogens with one attached hydrogen (secondary N) is 2. The minimum atomic E-state index is -3.15. The largest absolute Gasteiger partial charge is 0.493 e. The molecule has 25 heavy (non-hydrogen) atoms. The van der Waals surface area contributed by atoms with E-state index in [0.717, 1.165) is 0 Å². The minimum absolute atomic E-state index is 0.00539. The Morgan fingerprint density at radius 2 is 1.96 bits per heavy atom. The molecule has 0 bridgehead atoms. The molecule has 0 aromatic heterocycles. The molecule has 8 nitrogen and oxygen atoms in total. The van der Waals surface area contributed by atoms with Gasteiger partial charge < -0.3 is 9.47 Å². The Labute approximate surface area is 146 Å². The van der Waals surface area contributed by atoms with Gasteiger partial charge in [-0.05, 0) is 18.6 Å². The standard InChI is InChI=1S/C16H20N2O6S/c1-23-13-5-3-4-11(15(13)24-2)6-7-14(19)17-18-16(20)12-8-9-25(21,22)10-12/h3-7,12H,8-10H2,1-2H3,(H,17,19)(H,18,20)/b7-6+/t12-/m0/s1. The summed E-state index contributed by atoms with van der Waals surface area (Å²) >= 11 is 0. The zero-order valence-electron chi connectivity index (χ0n) is 13.9. The van der Waals surface area contributed by atoms with E-state index < -0.39 is 27.6 Å². The molecule has 1 aliphatic rings. The lowest BCUT2D eigenvalue weighted by Crippen LogP contribution is -2.44. The van der Waals surface area contributed by atoms with Gasteiger partial charge in [0, 0.05) is 11.6 Å². The Hall–Kier alpha value is -2.55. The van der Waals surface area contributed by atoms with Crippen LogP contribution in [0, 0.1) is 5.92 Å². The highest BCUT2D eigenvalue weighted by atomic mass is 32.2. The Morgan fingerprint density at radius 1 is 1.20 bits per heavy atom. The number of carbonyl (C=O) groups is 2. The number of hydrogen-bond donors (Lipinski definition) is 2. The van der Waals surface area contributed by atoms with Crippen LogP contribution in [0.2, 0.25) is 0 Å². The van der Waals surface area contributed by atoms with Crippen molar-refractivity contribution in [1.82, 2.24) is 10.9 Å². The normalized spacial score (nSPS) is 18.7. The van der Waals surface area contributed by atoms with Crippen molar-refractivity contribution in [3.8, 4) is 11.5 Å². The molecule has 1 fully saturated rings. The summed E-state index contributed by atoms with van der Waals surface area (Å²) in [6.45, 7) is 0. The molecule has 1 heterocycles. The average Bonchev–Trinajstić information content (AvgIpc) is 2.97. The maximum absolute atomic E-state index is 11.8. The van der Waals surface area contributed by atoms with Gasteiger partial charge in [-0.25, -0.2) is 8.42 Å². The summed E-state index contributed by atoms with van der Waals surface area (Å²) in [6, 6.07) is 5.22. The van der Waals surface area contributed by atoms with Crippen LogP contribution in [-0.2, 0) is 19.4 Å². The van der Waals surface area contributed by atoms with Crippen LogP contribution in [0.3, 0.4) is 0 Å². The molecule has 1 saturated heterocycles. The van der Waals surface area contributed by atoms with Crippen LogP contribution in [0.15, 0.2) is 24.3 Å². The van der Waals surface area contributed by atoms with Crippen molar-refractivity contribution >= 4 is 27.7 Å². The van der Waals surface area contributed by atoms with Gasteiger partial charge in [-0.2, -0.15) is 0 Å². The van der Waals surface area contributed by atoms with E-state index in [1.165, 1.54) is 26.4 Å². The molecule has 1 aliphatic heterocycles. The third kappa shape index (κ3) is 4.96. The Balaban J connectivity index is 1.92. The van der Waals surface area contributed by atoms with Gasteiger partial charge in [-0.15, -0.1) is 0 Å². The van der Waals surface area contributed by atoms with E-state index in [4.69, 9.17) is 9.47 Å². The zero-order valence-corrected chi connectivity index (χ0v) is 14.8. The molecular weight excluding hydrogens is 348 g/mol. The van der Waals surface area contributed by atoms with Crippen LogP contribution in [0.1, 0.15) is 12.0 Å². The molecule has 2 N–H and O–H groups in total. The lowest BCUT2D eigenvalue weighted by atomic mass is 10.1. The molecule has 2 rings (SSSR count). The second-order valence-corrected chi connectivity index (χ2v) is 7.72. The number of hydrogen-bond acceptors (Lipinski definition) is 6. The Morgan fingerprint density at radius 3 is 2.56 bits per heavy atom. The highest BCUT2D eigenvalue weighted by Gasteiger charge is 2.32. The van der Waals surface area contributed by atoms with Gasteiger partial charge >= 0.3 is 0 Å². The van der Waals surface area contributed by atoms with Crippen molar-refractivity contribution in [1.29, 1.82) is 0 Å². The summed E-state index contributed by atoms with van der Waals surface area (Å²) in [4.78, 5) is 23.7. The molecule has 0 radical (unpaired) electrons. The minimum Gasteiger partial charge on any atom is -0.493 e. The molecule has 136 valence electrons. The van der Waals surface area contributed by atoms with Crippen LogP contribution in [-0.4, -0.2) is 46.0 Å². The number of rotatable bonds is 5. The summed E-state index contributed by atoms with van der Waals surface area (Å²) in [5.41, 5.74) is 5.10. The second kappa shape index (κ2) is 8.02. The predicted octanol–water partition coefficient (Wildman–Crippen LogP) is 0.299. The number of sulfone groups is 1. The van der Waals surface area contributed by atoms with Crippen LogP contribution in [0.4, 0.5) is 0 Å². The zero-order chi connectivity index (χ0) is 18.4. The van der Waals surface area contributed by atoms with Gasteiger partial charge in [0.2, 0.25) is 5.91 Å². The summed E-state index contributed by atoms with van der Waals surface area (Å²) in [5.74, 6) is -0.885.